The highest BCUT2D eigenvalue weighted by molar-refractivity contribution is 7.09. The van der Waals surface area contributed by atoms with E-state index in [1.54, 1.807) is 5.38 Å². The second-order valence-corrected chi connectivity index (χ2v) is 6.25. The predicted octanol–water partition coefficient (Wildman–Crippen LogP) is 3.80. The monoisotopic (exact) mass is 283 g/mol. The third kappa shape index (κ3) is 2.98. The van der Waals surface area contributed by atoms with Gasteiger partial charge in [-0.05, 0) is 18.2 Å². The first-order chi connectivity index (χ1) is 8.79. The molecule has 19 heavy (non-hydrogen) atoms. The van der Waals surface area contributed by atoms with Gasteiger partial charge in [0.2, 0.25) is 0 Å². The van der Waals surface area contributed by atoms with Crippen molar-refractivity contribution in [3.63, 3.8) is 0 Å². The highest BCUT2D eigenvalue weighted by atomic mass is 32.1. The summed E-state index contributed by atoms with van der Waals surface area (Å²) < 4.78 is 26.7. The highest BCUT2D eigenvalue weighted by Gasteiger charge is 2.23. The quantitative estimate of drug-likeness (QED) is 0.909. The number of aromatic nitrogens is 1. The molecule has 1 aromatic heterocycles. The molecule has 1 N–H and O–H groups in total. The fourth-order valence-corrected chi connectivity index (χ4v) is 2.57. The second kappa shape index (κ2) is 4.98. The van der Waals surface area contributed by atoms with Gasteiger partial charge in [-0.25, -0.2) is 13.8 Å². The van der Waals surface area contributed by atoms with Crippen molar-refractivity contribution in [2.45, 2.75) is 32.3 Å². The molecule has 0 spiro atoms. The van der Waals surface area contributed by atoms with Crippen LogP contribution < -0.4 is 0 Å². The lowest BCUT2D eigenvalue weighted by molar-refractivity contribution is 0.209. The van der Waals surface area contributed by atoms with Gasteiger partial charge in [0.15, 0.2) is 0 Å². The van der Waals surface area contributed by atoms with Gasteiger partial charge in [-0.2, -0.15) is 0 Å². The average Bonchev–Trinajstić information content (AvgIpc) is 2.80. The molecule has 0 saturated heterocycles. The summed E-state index contributed by atoms with van der Waals surface area (Å²) in [5, 5.41) is 12.6. The van der Waals surface area contributed by atoms with E-state index < -0.39 is 17.7 Å². The molecular weight excluding hydrogens is 268 g/mol. The maximum absolute atomic E-state index is 13.6. The molecule has 0 bridgehead atoms. The Hall–Kier alpha value is -1.33. The van der Waals surface area contributed by atoms with E-state index in [1.807, 2.05) is 20.8 Å². The third-order valence-electron chi connectivity index (χ3n) is 2.70. The first kappa shape index (κ1) is 14.1. The Labute approximate surface area is 114 Å². The topological polar surface area (TPSA) is 33.1 Å². The molecule has 0 fully saturated rings. The summed E-state index contributed by atoms with van der Waals surface area (Å²) in [4.78, 5) is 4.31. The third-order valence-corrected chi connectivity index (χ3v) is 3.98. The Kier molecular flexibility index (Phi) is 3.69. The maximum Gasteiger partial charge on any atom is 0.129 e. The van der Waals surface area contributed by atoms with E-state index in [-0.39, 0.29) is 11.0 Å². The summed E-state index contributed by atoms with van der Waals surface area (Å²) in [6.45, 7) is 6.01. The molecule has 0 aliphatic heterocycles. The largest absolute Gasteiger partial charge is 0.382 e. The molecule has 1 heterocycles. The van der Waals surface area contributed by atoms with Crippen molar-refractivity contribution < 1.29 is 13.9 Å². The zero-order chi connectivity index (χ0) is 14.2. The van der Waals surface area contributed by atoms with Crippen LogP contribution in [0.3, 0.4) is 0 Å². The number of hydrogen-bond donors (Lipinski definition) is 1. The zero-order valence-corrected chi connectivity index (χ0v) is 11.8. The summed E-state index contributed by atoms with van der Waals surface area (Å²) in [7, 11) is 0. The van der Waals surface area contributed by atoms with Crippen LogP contribution >= 0.6 is 11.3 Å². The molecule has 5 heteroatoms. The molecule has 1 atom stereocenters. The minimum Gasteiger partial charge on any atom is -0.382 e. The summed E-state index contributed by atoms with van der Waals surface area (Å²) in [6.07, 6.45) is -1.25. The molecule has 0 saturated carbocycles. The Morgan fingerprint density at radius 3 is 2.53 bits per heavy atom. The van der Waals surface area contributed by atoms with E-state index in [1.165, 1.54) is 11.3 Å². The molecule has 0 amide bonds. The lowest BCUT2D eigenvalue weighted by Crippen LogP contribution is -2.11. The highest BCUT2D eigenvalue weighted by Crippen LogP contribution is 2.31. The lowest BCUT2D eigenvalue weighted by atomic mass is 9.98. The summed E-state index contributed by atoms with van der Waals surface area (Å²) in [6, 6.07) is 3.02. The molecule has 0 aliphatic carbocycles. The average molecular weight is 283 g/mol. The van der Waals surface area contributed by atoms with E-state index in [2.05, 4.69) is 4.98 Å². The second-order valence-electron chi connectivity index (χ2n) is 5.40. The van der Waals surface area contributed by atoms with Crippen molar-refractivity contribution in [1.82, 2.24) is 4.98 Å². The number of thiazole rings is 1. The molecule has 102 valence electrons. The lowest BCUT2D eigenvalue weighted by Gasteiger charge is -2.14. The molecule has 1 unspecified atom stereocenters. The SMILES string of the molecule is CC(C)(C)c1nc(C(O)c2cc(F)ccc2F)cs1. The van der Waals surface area contributed by atoms with Crippen LogP contribution in [0.2, 0.25) is 0 Å². The van der Waals surface area contributed by atoms with Crippen LogP contribution in [0.1, 0.15) is 43.1 Å². The van der Waals surface area contributed by atoms with Gasteiger partial charge in [-0.15, -0.1) is 11.3 Å². The Morgan fingerprint density at radius 1 is 1.26 bits per heavy atom. The molecule has 0 radical (unpaired) electrons. The fourth-order valence-electron chi connectivity index (χ4n) is 1.64. The molecular formula is C14H15F2NOS. The van der Waals surface area contributed by atoms with E-state index in [0.717, 1.165) is 23.2 Å². The van der Waals surface area contributed by atoms with Crippen molar-refractivity contribution in [3.8, 4) is 0 Å². The number of aliphatic hydroxyl groups excluding tert-OH is 1. The first-order valence-electron chi connectivity index (χ1n) is 5.88. The minimum absolute atomic E-state index is 0.0919. The van der Waals surface area contributed by atoms with Crippen LogP contribution in [0.25, 0.3) is 0 Å². The molecule has 1 aromatic carbocycles. The number of aliphatic hydroxyl groups is 1. The van der Waals surface area contributed by atoms with Gasteiger partial charge in [0.05, 0.1) is 10.7 Å². The van der Waals surface area contributed by atoms with E-state index in [0.29, 0.717) is 5.69 Å². The van der Waals surface area contributed by atoms with Crippen LogP contribution in [0.5, 0.6) is 0 Å². The number of hydrogen-bond acceptors (Lipinski definition) is 3. The van der Waals surface area contributed by atoms with Crippen LogP contribution in [0.4, 0.5) is 8.78 Å². The van der Waals surface area contributed by atoms with Crippen LogP contribution in [0.15, 0.2) is 23.6 Å². The van der Waals surface area contributed by atoms with Gasteiger partial charge in [0.1, 0.15) is 17.7 Å². The van der Waals surface area contributed by atoms with E-state index >= 15 is 0 Å². The van der Waals surface area contributed by atoms with Gasteiger partial charge in [-0.3, -0.25) is 0 Å². The number of nitrogens with zero attached hydrogens (tertiary/aromatic N) is 1. The predicted molar refractivity (Wildman–Crippen MR) is 71.2 cm³/mol. The van der Waals surface area contributed by atoms with Crippen molar-refractivity contribution in [2.75, 3.05) is 0 Å². The van der Waals surface area contributed by atoms with Gasteiger partial charge in [-0.1, -0.05) is 20.8 Å². The van der Waals surface area contributed by atoms with E-state index in [4.69, 9.17) is 0 Å². The van der Waals surface area contributed by atoms with Crippen molar-refractivity contribution in [3.05, 3.63) is 51.5 Å². The van der Waals surface area contributed by atoms with Crippen LogP contribution in [-0.2, 0) is 5.41 Å². The molecule has 2 aromatic rings. The minimum atomic E-state index is -1.25. The van der Waals surface area contributed by atoms with Crippen molar-refractivity contribution in [2.24, 2.45) is 0 Å². The Morgan fingerprint density at radius 2 is 1.95 bits per heavy atom. The summed E-state index contributed by atoms with van der Waals surface area (Å²) >= 11 is 1.40. The van der Waals surface area contributed by atoms with Gasteiger partial charge >= 0.3 is 0 Å². The van der Waals surface area contributed by atoms with Gasteiger partial charge < -0.3 is 5.11 Å². The number of halogens is 2. The van der Waals surface area contributed by atoms with Gasteiger partial charge in [0.25, 0.3) is 0 Å². The maximum atomic E-state index is 13.6. The molecule has 2 nitrogen and oxygen atoms in total. The molecule has 0 aliphatic rings. The number of benzene rings is 1. The van der Waals surface area contributed by atoms with Crippen molar-refractivity contribution >= 4 is 11.3 Å². The smallest absolute Gasteiger partial charge is 0.129 e. The first-order valence-corrected chi connectivity index (χ1v) is 6.76. The van der Waals surface area contributed by atoms with E-state index in [9.17, 15) is 13.9 Å². The fraction of sp³-hybridized carbons (Fsp3) is 0.357. The number of rotatable bonds is 2. The summed E-state index contributed by atoms with van der Waals surface area (Å²) in [5.74, 6) is -1.22. The normalized spacial score (nSPS) is 13.6. The van der Waals surface area contributed by atoms with Gasteiger partial charge in [0, 0.05) is 16.4 Å². The van der Waals surface area contributed by atoms with Crippen molar-refractivity contribution in [1.29, 1.82) is 0 Å². The summed E-state index contributed by atoms with van der Waals surface area (Å²) in [5.41, 5.74) is 0.119. The molecule has 2 rings (SSSR count). The van der Waals surface area contributed by atoms with Crippen LogP contribution in [0, 0.1) is 11.6 Å². The van der Waals surface area contributed by atoms with Crippen LogP contribution in [-0.4, -0.2) is 10.1 Å². The Balaban J connectivity index is 2.36. The standard InChI is InChI=1S/C14H15F2NOS/c1-14(2,3)13-17-11(7-19-13)12(18)9-6-8(15)4-5-10(9)16/h4-7,12,18H,1-3H3. The Bertz CT molecular complexity index is 589. The zero-order valence-electron chi connectivity index (χ0n) is 10.9.